The number of aliphatic hydroxyl groups excluding tert-OH is 3. The van der Waals surface area contributed by atoms with Gasteiger partial charge >= 0.3 is 5.97 Å². The number of esters is 1. The molecule has 1 saturated carbocycles. The minimum atomic E-state index is -0.602. The van der Waals surface area contributed by atoms with E-state index in [9.17, 15) is 20.1 Å². The van der Waals surface area contributed by atoms with Gasteiger partial charge in [0.25, 0.3) is 0 Å². The molecule has 0 aromatic heterocycles. The van der Waals surface area contributed by atoms with Gasteiger partial charge in [0, 0.05) is 18.8 Å². The molecule has 0 unspecified atom stereocenters. The van der Waals surface area contributed by atoms with E-state index in [1.54, 1.807) is 6.08 Å². The zero-order chi connectivity index (χ0) is 23.5. The Balaban J connectivity index is 1.77. The lowest BCUT2D eigenvalue weighted by Crippen LogP contribution is -2.20. The van der Waals surface area contributed by atoms with E-state index < -0.39 is 18.3 Å². The third kappa shape index (κ3) is 9.27. The number of ether oxygens (including phenoxy) is 1. The molecule has 5 atom stereocenters. The molecule has 1 aliphatic carbocycles. The number of aryl methyl sites for hydroxylation is 2. The Morgan fingerprint density at radius 1 is 1.16 bits per heavy atom. The Morgan fingerprint density at radius 2 is 1.88 bits per heavy atom. The number of allylic oxidation sites excluding steroid dienone is 2. The molecule has 2 rings (SSSR count). The molecular formula is C27H40O5. The lowest BCUT2D eigenvalue weighted by Gasteiger charge is -2.19. The van der Waals surface area contributed by atoms with Crippen LogP contribution >= 0.6 is 0 Å². The molecule has 5 nitrogen and oxygen atoms in total. The number of carbonyl (C=O) groups excluding carboxylic acids is 1. The maximum absolute atomic E-state index is 11.5. The first-order chi connectivity index (χ1) is 15.3. The molecule has 0 amide bonds. The van der Waals surface area contributed by atoms with Crippen molar-refractivity contribution in [3.8, 4) is 0 Å². The fraction of sp³-hybridized carbons (Fsp3) is 0.593. The number of rotatable bonds is 12. The molecule has 1 fully saturated rings. The van der Waals surface area contributed by atoms with E-state index in [0.29, 0.717) is 25.7 Å². The topological polar surface area (TPSA) is 87.0 Å². The van der Waals surface area contributed by atoms with Crippen LogP contribution in [0.4, 0.5) is 0 Å². The highest BCUT2D eigenvalue weighted by atomic mass is 16.5. The van der Waals surface area contributed by atoms with E-state index in [1.807, 2.05) is 32.1 Å². The molecule has 1 aromatic carbocycles. The summed E-state index contributed by atoms with van der Waals surface area (Å²) in [6.45, 7) is 5.73. The molecule has 0 aliphatic heterocycles. The molecule has 1 aromatic rings. The van der Waals surface area contributed by atoms with Crippen LogP contribution < -0.4 is 0 Å². The highest BCUT2D eigenvalue weighted by Crippen LogP contribution is 2.36. The van der Waals surface area contributed by atoms with Crippen molar-refractivity contribution in [2.75, 3.05) is 0 Å². The molecular weight excluding hydrogens is 404 g/mol. The summed E-state index contributed by atoms with van der Waals surface area (Å²) in [5.74, 6) is -0.425. The Bertz CT molecular complexity index is 737. The summed E-state index contributed by atoms with van der Waals surface area (Å²) in [6.07, 6.45) is 10.2. The van der Waals surface area contributed by atoms with E-state index in [2.05, 4.69) is 31.2 Å². The molecule has 0 radical (unpaired) electrons. The average molecular weight is 445 g/mol. The van der Waals surface area contributed by atoms with Crippen LogP contribution in [0, 0.1) is 18.8 Å². The Kier molecular flexibility index (Phi) is 11.1. The molecule has 178 valence electrons. The van der Waals surface area contributed by atoms with Gasteiger partial charge in [-0.15, -0.1) is 0 Å². The maximum Gasteiger partial charge on any atom is 0.306 e. The van der Waals surface area contributed by atoms with Crippen LogP contribution in [-0.4, -0.2) is 45.7 Å². The van der Waals surface area contributed by atoms with Crippen LogP contribution in [0.15, 0.2) is 48.6 Å². The number of benzene rings is 1. The van der Waals surface area contributed by atoms with Crippen molar-refractivity contribution in [3.05, 3.63) is 59.7 Å². The van der Waals surface area contributed by atoms with E-state index >= 15 is 0 Å². The van der Waals surface area contributed by atoms with Crippen molar-refractivity contribution in [1.82, 2.24) is 0 Å². The van der Waals surface area contributed by atoms with Gasteiger partial charge in [-0.2, -0.15) is 0 Å². The van der Waals surface area contributed by atoms with Gasteiger partial charge in [0.15, 0.2) is 0 Å². The van der Waals surface area contributed by atoms with Crippen molar-refractivity contribution >= 4 is 5.97 Å². The van der Waals surface area contributed by atoms with Crippen molar-refractivity contribution in [1.29, 1.82) is 0 Å². The largest absolute Gasteiger partial charge is 0.463 e. The van der Waals surface area contributed by atoms with Gasteiger partial charge < -0.3 is 20.1 Å². The third-order valence-corrected chi connectivity index (χ3v) is 6.01. The second kappa shape index (κ2) is 13.6. The summed E-state index contributed by atoms with van der Waals surface area (Å²) < 4.78 is 5.12. The number of carbonyl (C=O) groups is 1. The van der Waals surface area contributed by atoms with Crippen molar-refractivity contribution in [3.63, 3.8) is 0 Å². The number of hydrogen-bond donors (Lipinski definition) is 3. The lowest BCUT2D eigenvalue weighted by molar-refractivity contribution is -0.147. The van der Waals surface area contributed by atoms with Gasteiger partial charge in [-0.3, -0.25) is 4.79 Å². The SMILES string of the molecule is Cc1ccc(CC[C@H](O)/C=C/[C@@H]2[C@@H](C/C=C\CCCC(=O)OC(C)C)[C@@H](O)C[C@H]2O)cc1. The van der Waals surface area contributed by atoms with Crippen LogP contribution in [0.25, 0.3) is 0 Å². The first-order valence-electron chi connectivity index (χ1n) is 11.9. The van der Waals surface area contributed by atoms with E-state index in [0.717, 1.165) is 19.3 Å². The van der Waals surface area contributed by atoms with Crippen LogP contribution in [0.1, 0.15) is 63.5 Å². The Labute approximate surface area is 192 Å². The number of unbranched alkanes of at least 4 members (excludes halogenated alkanes) is 1. The first-order valence-corrected chi connectivity index (χ1v) is 11.9. The molecule has 0 heterocycles. The Hall–Kier alpha value is -1.95. The molecule has 5 heteroatoms. The van der Waals surface area contributed by atoms with Gasteiger partial charge in [-0.05, 0) is 64.4 Å². The highest BCUT2D eigenvalue weighted by molar-refractivity contribution is 5.69. The van der Waals surface area contributed by atoms with E-state index in [4.69, 9.17) is 4.74 Å². The summed E-state index contributed by atoms with van der Waals surface area (Å²) >= 11 is 0. The fourth-order valence-electron chi connectivity index (χ4n) is 4.19. The van der Waals surface area contributed by atoms with Gasteiger partial charge in [-0.1, -0.05) is 54.1 Å². The second-order valence-corrected chi connectivity index (χ2v) is 9.23. The molecule has 0 spiro atoms. The van der Waals surface area contributed by atoms with Gasteiger partial charge in [0.2, 0.25) is 0 Å². The zero-order valence-electron chi connectivity index (χ0n) is 19.7. The molecule has 32 heavy (non-hydrogen) atoms. The van der Waals surface area contributed by atoms with E-state index in [-0.39, 0.29) is 23.9 Å². The molecule has 1 aliphatic rings. The third-order valence-electron chi connectivity index (χ3n) is 6.01. The van der Waals surface area contributed by atoms with Crippen molar-refractivity contribution in [2.24, 2.45) is 11.8 Å². The van der Waals surface area contributed by atoms with E-state index in [1.165, 1.54) is 11.1 Å². The minimum absolute atomic E-state index is 0.0762. The summed E-state index contributed by atoms with van der Waals surface area (Å²) in [4.78, 5) is 11.5. The van der Waals surface area contributed by atoms with Gasteiger partial charge in [-0.25, -0.2) is 0 Å². The standard InChI is InChI=1S/C27H40O5/c1-19(2)32-27(31)9-7-5-4-6-8-23-24(26(30)18-25(23)29)17-16-22(28)15-14-21-12-10-20(3)11-13-21/h4,6,10-13,16-17,19,22-26,28-30H,5,7-9,14-15,18H2,1-3H3/b6-4-,17-16+/t22-,23+,24+,25-,26+/m0/s1. The summed E-state index contributed by atoms with van der Waals surface area (Å²) in [7, 11) is 0. The van der Waals surface area contributed by atoms with Crippen molar-refractivity contribution in [2.45, 2.75) is 90.1 Å². The second-order valence-electron chi connectivity index (χ2n) is 9.23. The van der Waals surface area contributed by atoms with Gasteiger partial charge in [0.05, 0.1) is 24.4 Å². The van der Waals surface area contributed by atoms with Crippen molar-refractivity contribution < 1.29 is 24.9 Å². The summed E-state index contributed by atoms with van der Waals surface area (Å²) in [5.41, 5.74) is 2.41. The zero-order valence-corrected chi connectivity index (χ0v) is 19.7. The van der Waals surface area contributed by atoms with Crippen LogP contribution in [0.2, 0.25) is 0 Å². The lowest BCUT2D eigenvalue weighted by atomic mass is 9.89. The molecule has 0 bridgehead atoms. The van der Waals surface area contributed by atoms with Crippen LogP contribution in [-0.2, 0) is 16.0 Å². The average Bonchev–Trinajstić information content (AvgIpc) is 3.00. The van der Waals surface area contributed by atoms with Crippen LogP contribution in [0.3, 0.4) is 0 Å². The van der Waals surface area contributed by atoms with Gasteiger partial charge in [0.1, 0.15) is 0 Å². The maximum atomic E-state index is 11.5. The summed E-state index contributed by atoms with van der Waals surface area (Å²) in [6, 6.07) is 8.31. The smallest absolute Gasteiger partial charge is 0.306 e. The quantitative estimate of drug-likeness (QED) is 0.255. The normalized spacial score (nSPS) is 24.6. The molecule has 0 saturated heterocycles. The molecule has 3 N–H and O–H groups in total. The highest BCUT2D eigenvalue weighted by Gasteiger charge is 2.39. The summed E-state index contributed by atoms with van der Waals surface area (Å²) in [5, 5.41) is 31.1. The van der Waals surface area contributed by atoms with Crippen LogP contribution in [0.5, 0.6) is 0 Å². The Morgan fingerprint density at radius 3 is 2.56 bits per heavy atom. The monoisotopic (exact) mass is 444 g/mol. The predicted octanol–water partition coefficient (Wildman–Crippen LogP) is 4.27. The minimum Gasteiger partial charge on any atom is -0.463 e. The number of aliphatic hydroxyl groups is 3. The number of hydrogen-bond acceptors (Lipinski definition) is 5. The predicted molar refractivity (Wildman–Crippen MR) is 127 cm³/mol. The first kappa shape index (κ1) is 26.3. The fourth-order valence-corrected chi connectivity index (χ4v) is 4.19.